The zero-order valence-electron chi connectivity index (χ0n) is 21.7. The number of fused-ring (bicyclic) bond motifs is 1. The first-order valence-corrected chi connectivity index (χ1v) is 12.9. The second kappa shape index (κ2) is 12.8. The van der Waals surface area contributed by atoms with E-state index < -0.39 is 6.04 Å². The number of benzene rings is 3. The SMILES string of the molecule is CC(=O)N1CCCN(Cc2ccc(F)cc2)CCN(C(=O)[C@@H](N)Cc2cccc(F)c2)Cc2ccccc21. The summed E-state index contributed by atoms with van der Waals surface area (Å²) in [5.41, 5.74) is 9.63. The van der Waals surface area contributed by atoms with E-state index in [2.05, 4.69) is 4.90 Å². The van der Waals surface area contributed by atoms with Crippen LogP contribution in [0.25, 0.3) is 0 Å². The molecule has 0 aromatic heterocycles. The van der Waals surface area contributed by atoms with E-state index in [9.17, 15) is 18.4 Å². The van der Waals surface area contributed by atoms with E-state index in [-0.39, 0.29) is 29.9 Å². The van der Waals surface area contributed by atoms with Crippen LogP contribution in [-0.2, 0) is 29.1 Å². The average Bonchev–Trinajstić information content (AvgIpc) is 2.92. The fourth-order valence-electron chi connectivity index (χ4n) is 4.90. The second-order valence-electron chi connectivity index (χ2n) is 9.76. The lowest BCUT2D eigenvalue weighted by molar-refractivity contribution is -0.133. The molecule has 1 heterocycles. The van der Waals surface area contributed by atoms with E-state index in [1.54, 1.807) is 41.0 Å². The third-order valence-corrected chi connectivity index (χ3v) is 6.86. The molecule has 2 amide bonds. The number of carbonyl (C=O) groups is 2. The van der Waals surface area contributed by atoms with Crippen LogP contribution in [0, 0.1) is 11.6 Å². The molecule has 0 fully saturated rings. The molecule has 2 N–H and O–H groups in total. The van der Waals surface area contributed by atoms with Crippen LogP contribution in [0.3, 0.4) is 0 Å². The molecular weight excluding hydrogens is 486 g/mol. The van der Waals surface area contributed by atoms with Crippen LogP contribution in [-0.4, -0.2) is 53.8 Å². The van der Waals surface area contributed by atoms with Crippen molar-refractivity contribution in [3.8, 4) is 0 Å². The minimum Gasteiger partial charge on any atom is -0.336 e. The Bertz CT molecular complexity index is 1250. The molecule has 0 bridgehead atoms. The molecule has 6 nitrogen and oxygen atoms in total. The summed E-state index contributed by atoms with van der Waals surface area (Å²) in [5.74, 6) is -0.959. The van der Waals surface area contributed by atoms with Crippen LogP contribution in [0.2, 0.25) is 0 Å². The van der Waals surface area contributed by atoms with Crippen molar-refractivity contribution in [1.82, 2.24) is 9.80 Å². The Balaban J connectivity index is 1.60. The Morgan fingerprint density at radius 2 is 1.63 bits per heavy atom. The highest BCUT2D eigenvalue weighted by Gasteiger charge is 2.25. The molecule has 0 unspecified atom stereocenters. The van der Waals surface area contributed by atoms with Gasteiger partial charge in [0.25, 0.3) is 0 Å². The van der Waals surface area contributed by atoms with Gasteiger partial charge < -0.3 is 15.5 Å². The highest BCUT2D eigenvalue weighted by atomic mass is 19.1. The highest BCUT2D eigenvalue weighted by molar-refractivity contribution is 5.92. The van der Waals surface area contributed by atoms with Crippen LogP contribution in [0.1, 0.15) is 30.0 Å². The van der Waals surface area contributed by atoms with Gasteiger partial charge >= 0.3 is 0 Å². The highest BCUT2D eigenvalue weighted by Crippen LogP contribution is 2.24. The van der Waals surface area contributed by atoms with E-state index in [0.29, 0.717) is 44.8 Å². The van der Waals surface area contributed by atoms with Crippen molar-refractivity contribution in [1.29, 1.82) is 0 Å². The molecular formula is C30H34F2N4O2. The molecule has 4 rings (SSSR count). The Hall–Kier alpha value is -3.62. The molecule has 200 valence electrons. The summed E-state index contributed by atoms with van der Waals surface area (Å²) >= 11 is 0. The van der Waals surface area contributed by atoms with E-state index >= 15 is 0 Å². The van der Waals surface area contributed by atoms with Crippen LogP contribution in [0.4, 0.5) is 14.5 Å². The summed E-state index contributed by atoms with van der Waals surface area (Å²) in [6, 6.07) is 19.3. The third-order valence-electron chi connectivity index (χ3n) is 6.86. The smallest absolute Gasteiger partial charge is 0.240 e. The summed E-state index contributed by atoms with van der Waals surface area (Å²) in [7, 11) is 0. The first-order chi connectivity index (χ1) is 18.3. The molecule has 8 heteroatoms. The van der Waals surface area contributed by atoms with Gasteiger partial charge in [-0.1, -0.05) is 42.5 Å². The maximum atomic E-state index is 13.7. The van der Waals surface area contributed by atoms with E-state index in [4.69, 9.17) is 5.73 Å². The van der Waals surface area contributed by atoms with Gasteiger partial charge in [-0.3, -0.25) is 14.5 Å². The first kappa shape index (κ1) is 27.4. The van der Waals surface area contributed by atoms with Crippen molar-refractivity contribution in [2.45, 2.75) is 38.9 Å². The minimum atomic E-state index is -0.844. The van der Waals surface area contributed by atoms with E-state index in [1.165, 1.54) is 24.3 Å². The first-order valence-electron chi connectivity index (χ1n) is 12.9. The largest absolute Gasteiger partial charge is 0.336 e. The molecule has 1 aliphatic heterocycles. The normalized spacial score (nSPS) is 15.9. The molecule has 1 atom stereocenters. The number of para-hydroxylation sites is 1. The van der Waals surface area contributed by atoms with Gasteiger partial charge in [0.2, 0.25) is 11.8 Å². The van der Waals surface area contributed by atoms with Crippen molar-refractivity contribution in [3.05, 3.63) is 101 Å². The summed E-state index contributed by atoms with van der Waals surface area (Å²) in [5, 5.41) is 0. The summed E-state index contributed by atoms with van der Waals surface area (Å²) < 4.78 is 27.2. The van der Waals surface area contributed by atoms with Crippen LogP contribution in [0.15, 0.2) is 72.8 Å². The monoisotopic (exact) mass is 520 g/mol. The van der Waals surface area contributed by atoms with Gasteiger partial charge in [0.05, 0.1) is 6.04 Å². The zero-order chi connectivity index (χ0) is 27.1. The molecule has 3 aromatic rings. The molecule has 0 saturated heterocycles. The summed E-state index contributed by atoms with van der Waals surface area (Å²) in [6.07, 6.45) is 0.954. The number of hydrogen-bond donors (Lipinski definition) is 1. The number of amides is 2. The van der Waals surface area contributed by atoms with E-state index in [0.717, 1.165) is 23.2 Å². The van der Waals surface area contributed by atoms with Gasteiger partial charge in [-0.05, 0) is 59.9 Å². The Labute approximate surface area is 222 Å². The molecule has 0 spiro atoms. The van der Waals surface area contributed by atoms with Gasteiger partial charge in [0, 0.05) is 51.9 Å². The Kier molecular flexibility index (Phi) is 9.20. The number of nitrogens with two attached hydrogens (primary N) is 1. The molecule has 0 saturated carbocycles. The molecule has 0 aliphatic carbocycles. The minimum absolute atomic E-state index is 0.0672. The van der Waals surface area contributed by atoms with Crippen molar-refractivity contribution in [2.24, 2.45) is 5.73 Å². The summed E-state index contributed by atoms with van der Waals surface area (Å²) in [6.45, 7) is 4.67. The van der Waals surface area contributed by atoms with Crippen molar-refractivity contribution in [2.75, 3.05) is 31.1 Å². The number of halogens is 2. The third kappa shape index (κ3) is 7.24. The van der Waals surface area contributed by atoms with Crippen LogP contribution < -0.4 is 10.6 Å². The predicted octanol–water partition coefficient (Wildman–Crippen LogP) is 4.12. The van der Waals surface area contributed by atoms with Crippen molar-refractivity contribution >= 4 is 17.5 Å². The number of carbonyl (C=O) groups excluding carboxylic acids is 2. The lowest BCUT2D eigenvalue weighted by atomic mass is 10.0. The van der Waals surface area contributed by atoms with Gasteiger partial charge in [0.15, 0.2) is 0 Å². The summed E-state index contributed by atoms with van der Waals surface area (Å²) in [4.78, 5) is 31.9. The standard InChI is InChI=1S/C30H34F2N4O2/c1-22(37)36-15-5-14-34(20-23-10-12-26(31)13-11-23)16-17-35(21-25-7-2-3-9-29(25)36)30(38)28(33)19-24-6-4-8-27(32)18-24/h2-4,6-13,18,28H,5,14-17,19-21,33H2,1H3/t28-/m0/s1. The molecule has 38 heavy (non-hydrogen) atoms. The molecule has 1 aliphatic rings. The van der Waals surface area contributed by atoms with Gasteiger partial charge in [-0.25, -0.2) is 8.78 Å². The number of hydrogen-bond acceptors (Lipinski definition) is 4. The van der Waals surface area contributed by atoms with Crippen LogP contribution in [0.5, 0.6) is 0 Å². The number of rotatable bonds is 5. The second-order valence-corrected chi connectivity index (χ2v) is 9.76. The number of nitrogens with zero attached hydrogens (tertiary/aromatic N) is 3. The lowest BCUT2D eigenvalue weighted by Gasteiger charge is -2.30. The maximum absolute atomic E-state index is 13.7. The Morgan fingerprint density at radius 1 is 0.868 bits per heavy atom. The van der Waals surface area contributed by atoms with Gasteiger partial charge in [0.1, 0.15) is 11.6 Å². The van der Waals surface area contributed by atoms with Crippen LogP contribution >= 0.6 is 0 Å². The Morgan fingerprint density at radius 3 is 2.37 bits per heavy atom. The zero-order valence-corrected chi connectivity index (χ0v) is 21.7. The quantitative estimate of drug-likeness (QED) is 0.550. The van der Waals surface area contributed by atoms with Crippen molar-refractivity contribution in [3.63, 3.8) is 0 Å². The van der Waals surface area contributed by atoms with Gasteiger partial charge in [-0.2, -0.15) is 0 Å². The molecule has 3 aromatic carbocycles. The number of anilines is 1. The topological polar surface area (TPSA) is 69.9 Å². The molecule has 0 radical (unpaired) electrons. The predicted molar refractivity (Wildman–Crippen MR) is 144 cm³/mol. The van der Waals surface area contributed by atoms with E-state index in [1.807, 2.05) is 24.3 Å². The average molecular weight is 521 g/mol. The maximum Gasteiger partial charge on any atom is 0.240 e. The fourth-order valence-corrected chi connectivity index (χ4v) is 4.90. The fraction of sp³-hybridized carbons (Fsp3) is 0.333. The van der Waals surface area contributed by atoms with Gasteiger partial charge in [-0.15, -0.1) is 0 Å². The lowest BCUT2D eigenvalue weighted by Crippen LogP contribution is -2.47. The van der Waals surface area contributed by atoms with Crippen molar-refractivity contribution < 1.29 is 18.4 Å².